The van der Waals surface area contributed by atoms with Crippen molar-refractivity contribution in [1.82, 2.24) is 0 Å². The van der Waals surface area contributed by atoms with Gasteiger partial charge in [0.25, 0.3) is 0 Å². The molecule has 114 valence electrons. The van der Waals surface area contributed by atoms with Crippen molar-refractivity contribution in [2.24, 2.45) is 0 Å². The Kier molecular flexibility index (Phi) is 4.81. The molecule has 7 heteroatoms. The predicted octanol–water partition coefficient (Wildman–Crippen LogP) is 2.17. The van der Waals surface area contributed by atoms with Gasteiger partial charge in [0.05, 0.1) is 29.1 Å². The van der Waals surface area contributed by atoms with Crippen LogP contribution in [0.1, 0.15) is 0 Å². The fourth-order valence-electron chi connectivity index (χ4n) is 3.23. The number of aliphatic hydroxyl groups is 2. The third-order valence-corrected chi connectivity index (χ3v) is 16.9. The second kappa shape index (κ2) is 4.80. The molecule has 0 aromatic carbocycles. The molecule has 1 unspecified atom stereocenters. The fraction of sp³-hybridized carbons (Fsp3) is 0.917. The molecule has 1 atom stereocenters. The number of carboxylic acid groups (broad SMARTS) is 1. The highest BCUT2D eigenvalue weighted by molar-refractivity contribution is 7.02. The minimum atomic E-state index is -2.55. The first-order valence-corrected chi connectivity index (χ1v) is 17.1. The van der Waals surface area contributed by atoms with Crippen molar-refractivity contribution in [1.29, 1.82) is 0 Å². The minimum Gasteiger partial charge on any atom is -0.479 e. The van der Waals surface area contributed by atoms with E-state index in [1.165, 1.54) is 0 Å². The van der Waals surface area contributed by atoms with Crippen LogP contribution in [0.4, 0.5) is 0 Å². The van der Waals surface area contributed by atoms with Crippen LogP contribution in [0.25, 0.3) is 0 Å². The zero-order chi connectivity index (χ0) is 16.1. The van der Waals surface area contributed by atoms with E-state index in [0.717, 1.165) is 0 Å². The zero-order valence-electron chi connectivity index (χ0n) is 13.7. The molecule has 0 aliphatic rings. The van der Waals surface area contributed by atoms with Crippen LogP contribution in [0.2, 0.25) is 58.9 Å². The predicted molar refractivity (Wildman–Crippen MR) is 87.6 cm³/mol. The number of hydrogen-bond acceptors (Lipinski definition) is 3. The summed E-state index contributed by atoms with van der Waals surface area (Å²) >= 11 is 0. The largest absolute Gasteiger partial charge is 0.479 e. The first kappa shape index (κ1) is 19.0. The maximum atomic E-state index is 11.9. The topological polar surface area (TPSA) is 77.8 Å². The van der Waals surface area contributed by atoms with E-state index in [1.54, 1.807) is 0 Å². The molecule has 0 rings (SSSR count). The fourth-order valence-corrected chi connectivity index (χ4v) is 20.8. The van der Waals surface area contributed by atoms with Crippen molar-refractivity contribution in [3.05, 3.63) is 0 Å². The third-order valence-electron chi connectivity index (χ3n) is 4.09. The summed E-state index contributed by atoms with van der Waals surface area (Å²) in [5.41, 5.74) is 0. The Morgan fingerprint density at radius 1 is 0.737 bits per heavy atom. The highest BCUT2D eigenvalue weighted by Crippen LogP contribution is 2.44. The van der Waals surface area contributed by atoms with E-state index in [1.807, 2.05) is 58.9 Å². The molecule has 0 heterocycles. The molecule has 0 saturated heterocycles. The van der Waals surface area contributed by atoms with Crippen LogP contribution in [-0.4, -0.2) is 55.6 Å². The Labute approximate surface area is 119 Å². The van der Waals surface area contributed by atoms with Gasteiger partial charge in [-0.1, -0.05) is 58.9 Å². The van der Waals surface area contributed by atoms with Crippen molar-refractivity contribution >= 4 is 30.2 Å². The van der Waals surface area contributed by atoms with E-state index in [4.69, 9.17) is 0 Å². The quantitative estimate of drug-likeness (QED) is 0.678. The Morgan fingerprint density at radius 2 is 1.00 bits per heavy atom. The summed E-state index contributed by atoms with van der Waals surface area (Å²) in [6, 6.07) is 0. The number of hydrogen-bond donors (Lipinski definition) is 3. The average molecular weight is 323 g/mol. The van der Waals surface area contributed by atoms with Gasteiger partial charge >= 0.3 is 5.97 Å². The van der Waals surface area contributed by atoms with Gasteiger partial charge in [-0.2, -0.15) is 0 Å². The summed E-state index contributed by atoms with van der Waals surface area (Å²) in [6.45, 7) is 17.1. The van der Waals surface area contributed by atoms with Crippen LogP contribution in [-0.2, 0) is 4.79 Å². The molecular formula is C12H30O4Si3. The Hall–Kier alpha value is 0.0406. The molecule has 0 bridgehead atoms. The molecule has 0 spiro atoms. The lowest BCUT2D eigenvalue weighted by Gasteiger charge is -2.58. The average Bonchev–Trinajstić information content (AvgIpc) is 2.09. The normalized spacial score (nSPS) is 18.1. The molecule has 0 radical (unpaired) electrons. The van der Waals surface area contributed by atoms with Crippen LogP contribution in [0.15, 0.2) is 0 Å². The number of carboxylic acids is 1. The van der Waals surface area contributed by atoms with Gasteiger partial charge in [0.15, 0.2) is 5.22 Å². The van der Waals surface area contributed by atoms with E-state index in [2.05, 4.69) is 0 Å². The van der Waals surface area contributed by atoms with E-state index in [-0.39, 0.29) is 0 Å². The number of aliphatic carboxylic acids is 1. The monoisotopic (exact) mass is 322 g/mol. The molecule has 0 saturated carbocycles. The van der Waals surface area contributed by atoms with Crippen molar-refractivity contribution in [2.75, 3.05) is 0 Å². The zero-order valence-corrected chi connectivity index (χ0v) is 16.7. The lowest BCUT2D eigenvalue weighted by molar-refractivity contribution is -0.159. The van der Waals surface area contributed by atoms with Crippen LogP contribution < -0.4 is 0 Å². The van der Waals surface area contributed by atoms with Gasteiger partial charge in [-0.05, 0) is 0 Å². The maximum absolute atomic E-state index is 11.9. The van der Waals surface area contributed by atoms with Crippen molar-refractivity contribution in [2.45, 2.75) is 69.0 Å². The summed E-state index contributed by atoms with van der Waals surface area (Å²) in [5, 5.41) is 30.2. The van der Waals surface area contributed by atoms with Crippen LogP contribution in [0.3, 0.4) is 0 Å². The van der Waals surface area contributed by atoms with Crippen LogP contribution in [0, 0.1) is 0 Å². The Morgan fingerprint density at radius 3 is 1.05 bits per heavy atom. The molecule has 4 nitrogen and oxygen atoms in total. The van der Waals surface area contributed by atoms with Gasteiger partial charge in [-0.3, -0.25) is 0 Å². The SMILES string of the molecule is C[Si](C)(C)C(O)(C(=O)O)C(O)([Si](C)(C)C)[Si](C)(C)C. The molecule has 0 aromatic heterocycles. The second-order valence-electron chi connectivity index (χ2n) is 8.48. The van der Waals surface area contributed by atoms with Gasteiger partial charge < -0.3 is 15.3 Å². The van der Waals surface area contributed by atoms with Gasteiger partial charge in [0, 0.05) is 0 Å². The highest BCUT2D eigenvalue weighted by Gasteiger charge is 2.71. The maximum Gasteiger partial charge on any atom is 0.334 e. The van der Waals surface area contributed by atoms with E-state index < -0.39 is 40.3 Å². The summed E-state index contributed by atoms with van der Waals surface area (Å²) in [6.07, 6.45) is 0. The second-order valence-corrected chi connectivity index (χ2v) is 24.6. The van der Waals surface area contributed by atoms with Crippen LogP contribution in [0.5, 0.6) is 0 Å². The molecule has 3 N–H and O–H groups in total. The minimum absolute atomic E-state index is 1.26. The summed E-state index contributed by atoms with van der Waals surface area (Å²) in [4.78, 5) is 10.4. The number of rotatable bonds is 5. The van der Waals surface area contributed by atoms with Crippen molar-refractivity contribution in [3.8, 4) is 0 Å². The van der Waals surface area contributed by atoms with Gasteiger partial charge in [-0.25, -0.2) is 4.79 Å². The molecular weight excluding hydrogens is 292 g/mol. The lowest BCUT2D eigenvalue weighted by Crippen LogP contribution is -2.85. The smallest absolute Gasteiger partial charge is 0.334 e. The Bertz CT molecular complexity index is 349. The molecule has 19 heavy (non-hydrogen) atoms. The summed E-state index contributed by atoms with van der Waals surface area (Å²) in [5.74, 6) is -1.26. The first-order valence-electron chi connectivity index (χ1n) is 6.62. The third kappa shape index (κ3) is 2.63. The highest BCUT2D eigenvalue weighted by atomic mass is 28.4. The summed E-state index contributed by atoms with van der Waals surface area (Å²) < 4.78 is 0. The molecule has 0 aliphatic carbocycles. The van der Waals surface area contributed by atoms with Gasteiger partial charge in [0.2, 0.25) is 0 Å². The standard InChI is InChI=1S/C12H30O4Si3/c1-17(2,3)11(15,10(13)14)12(16,18(4,5)6)19(7,8)9/h15-16H,1-9H3,(H,13,14). The molecule has 0 amide bonds. The first-order chi connectivity index (χ1) is 7.94. The Balaban J connectivity index is 6.54. The molecule has 0 aromatic rings. The lowest BCUT2D eigenvalue weighted by atomic mass is 10.3. The van der Waals surface area contributed by atoms with Crippen LogP contribution >= 0.6 is 0 Å². The van der Waals surface area contributed by atoms with E-state index in [0.29, 0.717) is 0 Å². The van der Waals surface area contributed by atoms with Crippen molar-refractivity contribution < 1.29 is 20.1 Å². The van der Waals surface area contributed by atoms with E-state index in [9.17, 15) is 20.1 Å². The molecule has 0 fully saturated rings. The molecule has 0 aliphatic heterocycles. The van der Waals surface area contributed by atoms with Gasteiger partial charge in [0.1, 0.15) is 0 Å². The van der Waals surface area contributed by atoms with Crippen molar-refractivity contribution in [3.63, 3.8) is 0 Å². The van der Waals surface area contributed by atoms with Gasteiger partial charge in [-0.15, -0.1) is 0 Å². The van der Waals surface area contributed by atoms with E-state index >= 15 is 0 Å². The number of carbonyl (C=O) groups is 1. The summed E-state index contributed by atoms with van der Waals surface area (Å²) in [7, 11) is -7.22.